The number of hydrazine groups is 1. The maximum atomic E-state index is 5.42. The molecule has 1 unspecified atom stereocenters. The van der Waals surface area contributed by atoms with Crippen molar-refractivity contribution in [3.63, 3.8) is 0 Å². The Morgan fingerprint density at radius 3 is 3.00 bits per heavy atom. The Labute approximate surface area is 91.8 Å². The molecule has 0 aromatic heterocycles. The minimum absolute atomic E-state index is 0.540. The number of halogens is 1. The van der Waals surface area contributed by atoms with Crippen LogP contribution in [0.3, 0.4) is 0 Å². The van der Waals surface area contributed by atoms with Crippen LogP contribution < -0.4 is 10.9 Å². The zero-order valence-corrected chi connectivity index (χ0v) is 9.80. The second kappa shape index (κ2) is 4.02. The molecule has 5 heteroatoms. The summed E-state index contributed by atoms with van der Waals surface area (Å²) in [6.07, 6.45) is 2.47. The third-order valence-corrected chi connectivity index (χ3v) is 3.71. The molecule has 2 rings (SSSR count). The predicted octanol–water partition coefficient (Wildman–Crippen LogP) is 0.972. The normalized spacial score (nSPS) is 29.4. The molecule has 2 aliphatic heterocycles. The molecule has 74 valence electrons. The SMILES string of the molecule is CN1NOC(C2CCCNC2)=C1I. The van der Waals surface area contributed by atoms with Crippen LogP contribution in [0.25, 0.3) is 0 Å². The van der Waals surface area contributed by atoms with E-state index in [2.05, 4.69) is 33.5 Å². The Bertz CT molecular complexity index is 225. The number of nitrogens with one attached hydrogen (secondary N) is 2. The summed E-state index contributed by atoms with van der Waals surface area (Å²) in [6.45, 7) is 2.18. The van der Waals surface area contributed by atoms with Gasteiger partial charge in [-0.05, 0) is 42.0 Å². The van der Waals surface area contributed by atoms with E-state index in [1.807, 2.05) is 12.1 Å². The smallest absolute Gasteiger partial charge is 0.161 e. The van der Waals surface area contributed by atoms with E-state index < -0.39 is 0 Å². The second-order valence-electron chi connectivity index (χ2n) is 3.45. The maximum absolute atomic E-state index is 5.42. The highest BCUT2D eigenvalue weighted by atomic mass is 127. The standard InChI is InChI=1S/C8H14IN3O/c1-12-8(9)7(13-11-12)6-3-2-4-10-5-6/h6,10-11H,2-5H2,1H3. The van der Waals surface area contributed by atoms with E-state index in [0.29, 0.717) is 5.92 Å². The van der Waals surface area contributed by atoms with Crippen LogP contribution in [0, 0.1) is 5.92 Å². The lowest BCUT2D eigenvalue weighted by molar-refractivity contribution is 0.0214. The molecule has 0 saturated carbocycles. The van der Waals surface area contributed by atoms with Gasteiger partial charge in [0.15, 0.2) is 5.76 Å². The van der Waals surface area contributed by atoms with Crippen molar-refractivity contribution in [3.05, 3.63) is 9.46 Å². The van der Waals surface area contributed by atoms with Gasteiger partial charge < -0.3 is 10.2 Å². The van der Waals surface area contributed by atoms with E-state index in [1.54, 1.807) is 0 Å². The number of rotatable bonds is 1. The highest BCUT2D eigenvalue weighted by Crippen LogP contribution is 2.30. The Morgan fingerprint density at radius 2 is 2.46 bits per heavy atom. The van der Waals surface area contributed by atoms with Gasteiger partial charge in [0.05, 0.1) is 0 Å². The first-order chi connectivity index (χ1) is 6.29. The zero-order valence-electron chi connectivity index (χ0n) is 7.64. The molecular weight excluding hydrogens is 281 g/mol. The summed E-state index contributed by atoms with van der Waals surface area (Å²) >= 11 is 2.31. The first-order valence-corrected chi connectivity index (χ1v) is 5.63. The van der Waals surface area contributed by atoms with E-state index in [9.17, 15) is 0 Å². The number of nitrogens with zero attached hydrogens (tertiary/aromatic N) is 1. The van der Waals surface area contributed by atoms with Crippen LogP contribution in [-0.4, -0.2) is 25.1 Å². The van der Waals surface area contributed by atoms with Crippen molar-refractivity contribution in [3.8, 4) is 0 Å². The lowest BCUT2D eigenvalue weighted by Gasteiger charge is -2.22. The first kappa shape index (κ1) is 9.54. The zero-order chi connectivity index (χ0) is 9.26. The summed E-state index contributed by atoms with van der Waals surface area (Å²) in [5.41, 5.74) is 2.84. The number of hydrogen-bond acceptors (Lipinski definition) is 4. The first-order valence-electron chi connectivity index (χ1n) is 4.55. The van der Waals surface area contributed by atoms with E-state index in [1.165, 1.54) is 16.5 Å². The summed E-state index contributed by atoms with van der Waals surface area (Å²) in [7, 11) is 1.96. The largest absolute Gasteiger partial charge is 0.390 e. The minimum Gasteiger partial charge on any atom is -0.390 e. The maximum Gasteiger partial charge on any atom is 0.161 e. The van der Waals surface area contributed by atoms with Crippen molar-refractivity contribution >= 4 is 22.6 Å². The minimum atomic E-state index is 0.540. The van der Waals surface area contributed by atoms with E-state index >= 15 is 0 Å². The van der Waals surface area contributed by atoms with Crippen molar-refractivity contribution < 1.29 is 4.84 Å². The average molecular weight is 295 g/mol. The molecular formula is C8H14IN3O. The summed E-state index contributed by atoms with van der Waals surface area (Å²) < 4.78 is 1.17. The van der Waals surface area contributed by atoms with Crippen LogP contribution in [0.2, 0.25) is 0 Å². The van der Waals surface area contributed by atoms with Gasteiger partial charge in [-0.3, -0.25) is 5.01 Å². The molecule has 13 heavy (non-hydrogen) atoms. The highest BCUT2D eigenvalue weighted by molar-refractivity contribution is 14.1. The van der Waals surface area contributed by atoms with Crippen molar-refractivity contribution in [2.45, 2.75) is 12.8 Å². The second-order valence-corrected chi connectivity index (χ2v) is 4.47. The summed E-state index contributed by atoms with van der Waals surface area (Å²) in [5, 5.41) is 5.29. The Balaban J connectivity index is 2.06. The fourth-order valence-electron chi connectivity index (χ4n) is 1.69. The van der Waals surface area contributed by atoms with E-state index in [0.717, 1.165) is 18.8 Å². The van der Waals surface area contributed by atoms with Crippen molar-refractivity contribution in [1.29, 1.82) is 0 Å². The fourth-order valence-corrected chi connectivity index (χ4v) is 2.34. The van der Waals surface area contributed by atoms with E-state index in [-0.39, 0.29) is 0 Å². The van der Waals surface area contributed by atoms with E-state index in [4.69, 9.17) is 4.84 Å². The topological polar surface area (TPSA) is 36.5 Å². The average Bonchev–Trinajstić information content (AvgIpc) is 2.49. The number of piperidine rings is 1. The third-order valence-electron chi connectivity index (χ3n) is 2.46. The summed E-state index contributed by atoms with van der Waals surface area (Å²) in [4.78, 5) is 5.42. The van der Waals surface area contributed by atoms with Gasteiger partial charge in [0.1, 0.15) is 3.70 Å². The van der Waals surface area contributed by atoms with Crippen LogP contribution in [0.1, 0.15) is 12.8 Å². The molecule has 4 nitrogen and oxygen atoms in total. The van der Waals surface area contributed by atoms with Gasteiger partial charge in [-0.1, -0.05) is 5.59 Å². The van der Waals surface area contributed by atoms with Gasteiger partial charge in [0.2, 0.25) is 0 Å². The molecule has 0 aromatic carbocycles. The fraction of sp³-hybridized carbons (Fsp3) is 0.750. The Morgan fingerprint density at radius 1 is 1.62 bits per heavy atom. The molecule has 0 amide bonds. The number of hydrogen-bond donors (Lipinski definition) is 2. The van der Waals surface area contributed by atoms with Crippen LogP contribution in [0.4, 0.5) is 0 Å². The molecule has 1 saturated heterocycles. The molecule has 0 aliphatic carbocycles. The highest BCUT2D eigenvalue weighted by Gasteiger charge is 2.27. The lowest BCUT2D eigenvalue weighted by Crippen LogP contribution is -2.31. The monoisotopic (exact) mass is 295 g/mol. The third kappa shape index (κ3) is 1.92. The molecule has 0 aromatic rings. The van der Waals surface area contributed by atoms with Crippen LogP contribution in [-0.2, 0) is 4.84 Å². The molecule has 0 spiro atoms. The van der Waals surface area contributed by atoms with Gasteiger partial charge in [0.25, 0.3) is 0 Å². The molecule has 2 N–H and O–H groups in total. The molecule has 1 fully saturated rings. The van der Waals surface area contributed by atoms with Gasteiger partial charge in [0, 0.05) is 19.5 Å². The van der Waals surface area contributed by atoms with Gasteiger partial charge in [-0.2, -0.15) is 0 Å². The van der Waals surface area contributed by atoms with Crippen LogP contribution >= 0.6 is 22.6 Å². The lowest BCUT2D eigenvalue weighted by atomic mass is 9.98. The molecule has 1 atom stereocenters. The Kier molecular flexibility index (Phi) is 2.95. The molecule has 2 heterocycles. The molecule has 0 radical (unpaired) electrons. The van der Waals surface area contributed by atoms with Crippen molar-refractivity contribution in [2.24, 2.45) is 5.92 Å². The van der Waals surface area contributed by atoms with Crippen molar-refractivity contribution in [1.82, 2.24) is 15.9 Å². The molecule has 2 aliphatic rings. The van der Waals surface area contributed by atoms with Crippen molar-refractivity contribution in [2.75, 3.05) is 20.1 Å². The van der Waals surface area contributed by atoms with Gasteiger partial charge in [-0.25, -0.2) is 0 Å². The van der Waals surface area contributed by atoms with Crippen LogP contribution in [0.5, 0.6) is 0 Å². The molecule has 0 bridgehead atoms. The quantitative estimate of drug-likeness (QED) is 0.558. The summed E-state index contributed by atoms with van der Waals surface area (Å²) in [6, 6.07) is 0. The van der Waals surface area contributed by atoms with Gasteiger partial charge in [-0.15, -0.1) is 0 Å². The Hall–Kier alpha value is -0.0100. The summed E-state index contributed by atoms with van der Waals surface area (Å²) in [5.74, 6) is 1.63. The predicted molar refractivity (Wildman–Crippen MR) is 58.6 cm³/mol. The van der Waals surface area contributed by atoms with Gasteiger partial charge >= 0.3 is 0 Å². The van der Waals surface area contributed by atoms with Crippen LogP contribution in [0.15, 0.2) is 9.46 Å².